The third-order valence-corrected chi connectivity index (χ3v) is 6.85. The van der Waals surface area contributed by atoms with Crippen molar-refractivity contribution in [3.05, 3.63) is 0 Å². The Balaban J connectivity index is 1.32. The number of carbonyl (C=O) groups excluding carboxylic acids is 3. The van der Waals surface area contributed by atoms with Crippen molar-refractivity contribution in [2.75, 3.05) is 19.6 Å². The minimum absolute atomic E-state index is 0.257. The highest BCUT2D eigenvalue weighted by molar-refractivity contribution is 6.08. The summed E-state index contributed by atoms with van der Waals surface area (Å²) in [7, 11) is 0. The molecule has 0 aromatic heterocycles. The van der Waals surface area contributed by atoms with Crippen molar-refractivity contribution >= 4 is 17.8 Å². The van der Waals surface area contributed by atoms with E-state index in [2.05, 4.69) is 15.6 Å². The Morgan fingerprint density at radius 1 is 1.04 bits per heavy atom. The predicted octanol–water partition coefficient (Wildman–Crippen LogP) is 1.78. The zero-order valence-corrected chi connectivity index (χ0v) is 15.5. The maximum atomic E-state index is 12.7. The van der Waals surface area contributed by atoms with Gasteiger partial charge in [-0.05, 0) is 44.1 Å². The molecule has 0 unspecified atom stereocenters. The van der Waals surface area contributed by atoms with Gasteiger partial charge < -0.3 is 5.32 Å². The average Bonchev–Trinajstić information content (AvgIpc) is 2.86. The van der Waals surface area contributed by atoms with E-state index in [1.54, 1.807) is 0 Å². The van der Waals surface area contributed by atoms with E-state index >= 15 is 0 Å². The number of hydrazine groups is 1. The number of amides is 4. The molecule has 2 atom stereocenters. The van der Waals surface area contributed by atoms with Gasteiger partial charge in [-0.1, -0.05) is 38.5 Å². The van der Waals surface area contributed by atoms with Crippen molar-refractivity contribution in [2.45, 2.75) is 69.7 Å². The number of carbonyl (C=O) groups is 3. The summed E-state index contributed by atoms with van der Waals surface area (Å²) in [5, 5.41) is 3.74. The summed E-state index contributed by atoms with van der Waals surface area (Å²) < 4.78 is 0. The highest BCUT2D eigenvalue weighted by Gasteiger charge is 2.52. The molecule has 7 nitrogen and oxygen atoms in total. The maximum absolute atomic E-state index is 12.7. The van der Waals surface area contributed by atoms with Crippen LogP contribution in [0.15, 0.2) is 0 Å². The second kappa shape index (κ2) is 7.18. The van der Waals surface area contributed by atoms with Gasteiger partial charge in [0, 0.05) is 6.54 Å². The Morgan fingerprint density at radius 2 is 1.77 bits per heavy atom. The van der Waals surface area contributed by atoms with Crippen LogP contribution in [0.2, 0.25) is 0 Å². The Labute approximate surface area is 154 Å². The summed E-state index contributed by atoms with van der Waals surface area (Å²) in [5.74, 6) is 0.963. The summed E-state index contributed by atoms with van der Waals surface area (Å²) in [6.07, 6.45) is 10.7. The summed E-state index contributed by atoms with van der Waals surface area (Å²) in [4.78, 5) is 39.6. The van der Waals surface area contributed by atoms with Crippen LogP contribution in [-0.4, -0.2) is 52.9 Å². The van der Waals surface area contributed by atoms with Crippen LogP contribution in [0.3, 0.4) is 0 Å². The zero-order chi connectivity index (χ0) is 18.1. The lowest BCUT2D eigenvalue weighted by Gasteiger charge is -2.41. The molecule has 2 saturated heterocycles. The van der Waals surface area contributed by atoms with E-state index in [1.807, 2.05) is 0 Å². The van der Waals surface area contributed by atoms with Crippen molar-refractivity contribution in [1.82, 2.24) is 20.7 Å². The molecular formula is C19H30N4O3. The highest BCUT2D eigenvalue weighted by atomic mass is 16.2. The molecule has 2 aliphatic carbocycles. The van der Waals surface area contributed by atoms with Gasteiger partial charge >= 0.3 is 6.03 Å². The Kier molecular flexibility index (Phi) is 4.90. The lowest BCUT2D eigenvalue weighted by atomic mass is 9.75. The molecule has 0 bridgehead atoms. The molecule has 2 aliphatic heterocycles. The fourth-order valence-electron chi connectivity index (χ4n) is 5.40. The predicted molar refractivity (Wildman–Crippen MR) is 95.8 cm³/mol. The van der Waals surface area contributed by atoms with E-state index in [0.717, 1.165) is 49.7 Å². The van der Waals surface area contributed by atoms with Gasteiger partial charge in [-0.3, -0.25) is 19.9 Å². The van der Waals surface area contributed by atoms with Gasteiger partial charge in [0.2, 0.25) is 0 Å². The molecule has 144 valence electrons. The lowest BCUT2D eigenvalue weighted by Crippen LogP contribution is -2.53. The van der Waals surface area contributed by atoms with Crippen LogP contribution in [0.5, 0.6) is 0 Å². The maximum Gasteiger partial charge on any atom is 0.344 e. The monoisotopic (exact) mass is 362 g/mol. The van der Waals surface area contributed by atoms with Crippen LogP contribution in [-0.2, 0) is 9.59 Å². The van der Waals surface area contributed by atoms with E-state index in [1.165, 1.54) is 25.7 Å². The topological polar surface area (TPSA) is 81.8 Å². The van der Waals surface area contributed by atoms with Gasteiger partial charge in [0.05, 0.1) is 6.54 Å². The van der Waals surface area contributed by atoms with Crippen molar-refractivity contribution < 1.29 is 14.4 Å². The molecule has 4 fully saturated rings. The summed E-state index contributed by atoms with van der Waals surface area (Å²) in [5.41, 5.74) is 1.77. The summed E-state index contributed by atoms with van der Waals surface area (Å²) in [6.45, 7) is 2.15. The van der Waals surface area contributed by atoms with Crippen LogP contribution in [0.25, 0.3) is 0 Å². The zero-order valence-electron chi connectivity index (χ0n) is 15.5. The molecule has 4 amide bonds. The molecule has 2 heterocycles. The second-order valence-electron chi connectivity index (χ2n) is 8.58. The number of rotatable bonds is 3. The fraction of sp³-hybridized carbons (Fsp3) is 0.842. The SMILES string of the molecule is O=C(CN1CC[C@H]2CCCC[C@@H]2C1)NN1C(=O)NC2(CCCCC2)C1=O. The first-order valence-corrected chi connectivity index (χ1v) is 10.3. The number of fused-ring (bicyclic) bond motifs is 1. The van der Waals surface area contributed by atoms with E-state index in [4.69, 9.17) is 0 Å². The molecule has 0 aromatic rings. The number of hydrogen-bond acceptors (Lipinski definition) is 4. The largest absolute Gasteiger partial charge is 0.344 e. The van der Waals surface area contributed by atoms with Crippen molar-refractivity contribution in [3.8, 4) is 0 Å². The third-order valence-electron chi connectivity index (χ3n) is 6.85. The van der Waals surface area contributed by atoms with Gasteiger partial charge in [-0.15, -0.1) is 0 Å². The van der Waals surface area contributed by atoms with Gasteiger partial charge in [0.1, 0.15) is 5.54 Å². The molecule has 7 heteroatoms. The Hall–Kier alpha value is -1.63. The second-order valence-corrected chi connectivity index (χ2v) is 8.58. The highest BCUT2D eigenvalue weighted by Crippen LogP contribution is 2.36. The van der Waals surface area contributed by atoms with Gasteiger partial charge in [0.25, 0.3) is 11.8 Å². The lowest BCUT2D eigenvalue weighted by molar-refractivity contribution is -0.140. The molecule has 26 heavy (non-hydrogen) atoms. The van der Waals surface area contributed by atoms with Crippen molar-refractivity contribution in [2.24, 2.45) is 11.8 Å². The average molecular weight is 362 g/mol. The van der Waals surface area contributed by atoms with Crippen molar-refractivity contribution in [3.63, 3.8) is 0 Å². The van der Waals surface area contributed by atoms with Crippen LogP contribution < -0.4 is 10.7 Å². The summed E-state index contributed by atoms with van der Waals surface area (Å²) in [6, 6.07) is -0.490. The van der Waals surface area contributed by atoms with Crippen LogP contribution in [0.4, 0.5) is 4.79 Å². The quantitative estimate of drug-likeness (QED) is 0.750. The first kappa shape index (κ1) is 17.8. The number of likely N-dealkylation sites (tertiary alicyclic amines) is 1. The number of urea groups is 1. The minimum atomic E-state index is -0.789. The molecule has 4 rings (SSSR count). The molecule has 4 aliphatic rings. The van der Waals surface area contributed by atoms with Gasteiger partial charge in [-0.25, -0.2) is 4.79 Å². The normalized spacial score (nSPS) is 31.6. The van der Waals surface area contributed by atoms with E-state index < -0.39 is 11.6 Å². The third kappa shape index (κ3) is 3.33. The van der Waals surface area contributed by atoms with E-state index in [9.17, 15) is 14.4 Å². The van der Waals surface area contributed by atoms with Crippen LogP contribution in [0.1, 0.15) is 64.2 Å². The molecule has 0 aromatic carbocycles. The molecule has 0 radical (unpaired) electrons. The molecule has 2 N–H and O–H groups in total. The first-order valence-electron chi connectivity index (χ1n) is 10.3. The molecule has 1 spiro atoms. The number of imide groups is 1. The number of nitrogens with one attached hydrogen (secondary N) is 2. The number of hydrogen-bond donors (Lipinski definition) is 2. The van der Waals surface area contributed by atoms with E-state index in [-0.39, 0.29) is 18.4 Å². The van der Waals surface area contributed by atoms with Gasteiger partial charge in [-0.2, -0.15) is 5.01 Å². The Bertz CT molecular complexity index is 587. The standard InChI is InChI=1S/C19H30N4O3/c24-16(13-22-11-8-14-6-2-3-7-15(14)12-22)21-23-17(25)19(20-18(23)26)9-4-1-5-10-19/h14-15H,1-13H2,(H,20,26)(H,21,24)/t14-,15-/m1/s1. The number of nitrogens with zero attached hydrogens (tertiary/aromatic N) is 2. The summed E-state index contributed by atoms with van der Waals surface area (Å²) >= 11 is 0. The smallest absolute Gasteiger partial charge is 0.322 e. The fourth-order valence-corrected chi connectivity index (χ4v) is 5.40. The van der Waals surface area contributed by atoms with Gasteiger partial charge in [0.15, 0.2) is 0 Å². The Morgan fingerprint density at radius 3 is 2.54 bits per heavy atom. The van der Waals surface area contributed by atoms with Crippen LogP contribution in [0, 0.1) is 11.8 Å². The first-order chi connectivity index (χ1) is 12.6. The van der Waals surface area contributed by atoms with Crippen molar-refractivity contribution in [1.29, 1.82) is 0 Å². The minimum Gasteiger partial charge on any atom is -0.322 e. The van der Waals surface area contributed by atoms with Crippen LogP contribution >= 0.6 is 0 Å². The van der Waals surface area contributed by atoms with E-state index in [0.29, 0.717) is 18.8 Å². The molecule has 2 saturated carbocycles. The molecular weight excluding hydrogens is 332 g/mol. The number of piperidine rings is 1.